The number of ketones is 1. The molecule has 1 fully saturated rings. The van der Waals surface area contributed by atoms with Crippen LogP contribution in [0.15, 0.2) is 18.2 Å². The molecule has 0 radical (unpaired) electrons. The van der Waals surface area contributed by atoms with Gasteiger partial charge in [0.25, 0.3) is 23.5 Å². The molecule has 4 N–H and O–H groups in total. The highest BCUT2D eigenvalue weighted by atomic mass is 19.3. The fourth-order valence-corrected chi connectivity index (χ4v) is 4.97. The quantitative estimate of drug-likeness (QED) is 0.203. The van der Waals surface area contributed by atoms with E-state index in [0.29, 0.717) is 25.1 Å². The zero-order chi connectivity index (χ0) is 25.7. The van der Waals surface area contributed by atoms with Gasteiger partial charge < -0.3 is 20.3 Å². The number of anilines is 1. The molecule has 2 amide bonds. The van der Waals surface area contributed by atoms with Crippen molar-refractivity contribution in [1.29, 1.82) is 0 Å². The van der Waals surface area contributed by atoms with Crippen LogP contribution in [0.4, 0.5) is 23.2 Å². The van der Waals surface area contributed by atoms with Gasteiger partial charge >= 0.3 is 0 Å². The standard InChI is InChI=1S/C23H24F4N4O4/c1-11-16(19(33)29-12-5-6-13(24)14(25)8-12)15-4-3-7-31(15)17(11)18(32)20(34)30-22(21(35)28-2)9-23(26,27)10-22/h5-6,8,21,28,35H,3-4,7,9-10H2,1-2H3,(H,29,33)(H,30,34). The number of hydrogen-bond acceptors (Lipinski definition) is 5. The fourth-order valence-electron chi connectivity index (χ4n) is 4.97. The summed E-state index contributed by atoms with van der Waals surface area (Å²) in [5, 5.41) is 17.3. The number of benzene rings is 1. The second-order valence-corrected chi connectivity index (χ2v) is 8.97. The molecule has 1 aromatic heterocycles. The van der Waals surface area contributed by atoms with E-state index in [1.807, 2.05) is 0 Å². The maximum Gasteiger partial charge on any atom is 0.294 e. The third kappa shape index (κ3) is 4.31. The van der Waals surface area contributed by atoms with E-state index in [4.69, 9.17) is 0 Å². The molecule has 0 spiro atoms. The summed E-state index contributed by atoms with van der Waals surface area (Å²) in [5.41, 5.74) is -0.951. The van der Waals surface area contributed by atoms with Gasteiger partial charge in [-0.3, -0.25) is 19.7 Å². The van der Waals surface area contributed by atoms with Crippen LogP contribution in [0.3, 0.4) is 0 Å². The number of nitrogens with zero attached hydrogens (tertiary/aromatic N) is 1. The number of carbonyl (C=O) groups excluding carboxylic acids is 3. The lowest BCUT2D eigenvalue weighted by Crippen LogP contribution is -2.71. The average molecular weight is 496 g/mol. The van der Waals surface area contributed by atoms with E-state index in [1.54, 1.807) is 0 Å². The summed E-state index contributed by atoms with van der Waals surface area (Å²) in [6, 6.07) is 2.86. The molecule has 0 saturated heterocycles. The Morgan fingerprint density at radius 3 is 2.43 bits per heavy atom. The zero-order valence-corrected chi connectivity index (χ0v) is 19.0. The van der Waals surface area contributed by atoms with Crippen molar-refractivity contribution >= 4 is 23.3 Å². The Hall–Kier alpha value is -3.25. The lowest BCUT2D eigenvalue weighted by molar-refractivity contribution is -0.176. The van der Waals surface area contributed by atoms with Gasteiger partial charge in [0.15, 0.2) is 11.6 Å². The zero-order valence-electron chi connectivity index (χ0n) is 19.0. The van der Waals surface area contributed by atoms with Crippen molar-refractivity contribution in [3.63, 3.8) is 0 Å². The Balaban J connectivity index is 1.61. The van der Waals surface area contributed by atoms with E-state index in [2.05, 4.69) is 16.0 Å². The van der Waals surface area contributed by atoms with E-state index in [-0.39, 0.29) is 22.5 Å². The van der Waals surface area contributed by atoms with Gasteiger partial charge in [-0.1, -0.05) is 0 Å². The number of rotatable bonds is 7. The molecule has 1 aliphatic heterocycles. The van der Waals surface area contributed by atoms with Gasteiger partial charge in [-0.2, -0.15) is 0 Å². The first-order valence-corrected chi connectivity index (χ1v) is 11.0. The molecular weight excluding hydrogens is 472 g/mol. The maximum absolute atomic E-state index is 13.6. The second kappa shape index (κ2) is 8.76. The minimum atomic E-state index is -3.09. The van der Waals surface area contributed by atoms with Crippen molar-refractivity contribution in [3.05, 3.63) is 52.3 Å². The van der Waals surface area contributed by atoms with Crippen LogP contribution in [0.2, 0.25) is 0 Å². The molecule has 1 saturated carbocycles. The summed E-state index contributed by atoms with van der Waals surface area (Å²) in [6.45, 7) is 1.83. The summed E-state index contributed by atoms with van der Waals surface area (Å²) in [7, 11) is 1.33. The molecule has 188 valence electrons. The molecule has 8 nitrogen and oxygen atoms in total. The molecule has 35 heavy (non-hydrogen) atoms. The fraction of sp³-hybridized carbons (Fsp3) is 0.435. The number of halogens is 4. The Morgan fingerprint density at radius 2 is 1.83 bits per heavy atom. The van der Waals surface area contributed by atoms with Crippen LogP contribution >= 0.6 is 0 Å². The Bertz CT molecular complexity index is 1220. The van der Waals surface area contributed by atoms with Gasteiger partial charge in [0.1, 0.15) is 6.23 Å². The number of amides is 2. The number of nitrogens with one attached hydrogen (secondary N) is 3. The van der Waals surface area contributed by atoms with Crippen LogP contribution in [0.25, 0.3) is 0 Å². The van der Waals surface area contributed by atoms with Gasteiger partial charge in [-0.15, -0.1) is 0 Å². The monoisotopic (exact) mass is 496 g/mol. The van der Waals surface area contributed by atoms with Crippen molar-refractivity contribution < 1.29 is 37.1 Å². The molecule has 2 aromatic rings. The molecule has 2 aliphatic rings. The summed E-state index contributed by atoms with van der Waals surface area (Å²) >= 11 is 0. The first-order valence-electron chi connectivity index (χ1n) is 11.0. The second-order valence-electron chi connectivity index (χ2n) is 8.97. The van der Waals surface area contributed by atoms with Crippen molar-refractivity contribution in [2.45, 2.75) is 56.8 Å². The number of hydrogen-bond donors (Lipinski definition) is 4. The molecule has 0 bridgehead atoms. The SMILES string of the molecule is CNC(O)C1(NC(=O)C(=O)c2c(C)c(C(=O)Nc3ccc(F)c(F)c3)c3n2CCC3)CC(F)(F)C1. The Labute approximate surface area is 197 Å². The van der Waals surface area contributed by atoms with Crippen LogP contribution in [0.1, 0.15) is 51.4 Å². The van der Waals surface area contributed by atoms with Crippen LogP contribution in [0.5, 0.6) is 0 Å². The number of likely N-dealkylation sites (N-methyl/N-ethyl adjacent to an activating group) is 1. The topological polar surface area (TPSA) is 112 Å². The van der Waals surface area contributed by atoms with Gasteiger partial charge in [0.05, 0.1) is 16.8 Å². The molecule has 4 rings (SSSR count). The van der Waals surface area contributed by atoms with E-state index in [0.717, 1.165) is 12.1 Å². The van der Waals surface area contributed by atoms with Crippen LogP contribution < -0.4 is 16.0 Å². The first-order chi connectivity index (χ1) is 16.4. The van der Waals surface area contributed by atoms with E-state index in [9.17, 15) is 37.1 Å². The van der Waals surface area contributed by atoms with Gasteiger partial charge in [0.2, 0.25) is 0 Å². The molecule has 1 aromatic carbocycles. The third-order valence-corrected chi connectivity index (χ3v) is 6.54. The summed E-state index contributed by atoms with van der Waals surface area (Å²) in [5.74, 6) is -8.19. The van der Waals surface area contributed by atoms with Gasteiger partial charge in [-0.25, -0.2) is 17.6 Å². The lowest BCUT2D eigenvalue weighted by atomic mass is 9.71. The maximum atomic E-state index is 13.6. The van der Waals surface area contributed by atoms with Crippen molar-refractivity contribution in [2.75, 3.05) is 12.4 Å². The number of aromatic nitrogens is 1. The molecule has 1 atom stereocenters. The first kappa shape index (κ1) is 24.9. The number of fused-ring (bicyclic) bond motifs is 1. The minimum Gasteiger partial charge on any atom is -0.376 e. The number of aliphatic hydroxyl groups is 1. The average Bonchev–Trinajstić information content (AvgIpc) is 3.33. The van der Waals surface area contributed by atoms with Crippen LogP contribution in [-0.2, 0) is 17.8 Å². The minimum absolute atomic E-state index is 0.00535. The van der Waals surface area contributed by atoms with Crippen molar-refractivity contribution in [3.8, 4) is 0 Å². The predicted molar refractivity (Wildman–Crippen MR) is 116 cm³/mol. The predicted octanol–water partition coefficient (Wildman–Crippen LogP) is 2.28. The summed E-state index contributed by atoms with van der Waals surface area (Å²) < 4.78 is 55.5. The van der Waals surface area contributed by atoms with E-state index in [1.165, 1.54) is 24.6 Å². The van der Waals surface area contributed by atoms with Gasteiger partial charge in [-0.05, 0) is 44.5 Å². The number of aliphatic hydroxyl groups excluding tert-OH is 1. The van der Waals surface area contributed by atoms with Crippen LogP contribution in [0, 0.1) is 18.6 Å². The largest absolute Gasteiger partial charge is 0.376 e. The van der Waals surface area contributed by atoms with Gasteiger partial charge in [0, 0.05) is 36.8 Å². The van der Waals surface area contributed by atoms with Crippen molar-refractivity contribution in [1.82, 2.24) is 15.2 Å². The van der Waals surface area contributed by atoms with E-state index < -0.39 is 59.8 Å². The highest BCUT2D eigenvalue weighted by Crippen LogP contribution is 2.47. The molecule has 12 heteroatoms. The molecular formula is C23H24F4N4O4. The number of carbonyl (C=O) groups is 3. The molecule has 1 unspecified atom stereocenters. The Morgan fingerprint density at radius 1 is 1.14 bits per heavy atom. The van der Waals surface area contributed by atoms with Crippen LogP contribution in [-0.4, -0.2) is 52.0 Å². The normalized spacial score (nSPS) is 18.4. The third-order valence-electron chi connectivity index (χ3n) is 6.54. The lowest BCUT2D eigenvalue weighted by Gasteiger charge is -2.49. The highest BCUT2D eigenvalue weighted by Gasteiger charge is 2.61. The smallest absolute Gasteiger partial charge is 0.294 e. The highest BCUT2D eigenvalue weighted by molar-refractivity contribution is 6.43. The Kier molecular flexibility index (Phi) is 6.22. The molecule has 1 aliphatic carbocycles. The summed E-state index contributed by atoms with van der Waals surface area (Å²) in [6.07, 6.45) is -2.15. The van der Waals surface area contributed by atoms with Crippen molar-refractivity contribution in [2.24, 2.45) is 0 Å². The number of alkyl halides is 2. The molecule has 2 heterocycles. The van der Waals surface area contributed by atoms with E-state index >= 15 is 0 Å². The summed E-state index contributed by atoms with van der Waals surface area (Å²) in [4.78, 5) is 39.0. The number of Topliss-reactive ketones (excluding diaryl/α,β-unsaturated/α-hetero) is 1.